The Morgan fingerprint density at radius 1 is 1.64 bits per heavy atom. The first-order valence-corrected chi connectivity index (χ1v) is 5.07. The molecule has 2 N–H and O–H groups in total. The van der Waals surface area contributed by atoms with Crippen molar-refractivity contribution in [1.82, 2.24) is 15.1 Å². The van der Waals surface area contributed by atoms with E-state index in [4.69, 9.17) is 5.11 Å². The van der Waals surface area contributed by atoms with E-state index in [-0.39, 0.29) is 12.6 Å². The molecule has 2 unspecified atom stereocenters. The fourth-order valence-electron chi connectivity index (χ4n) is 2.17. The number of aliphatic hydroxyl groups excluding tert-OH is 1. The van der Waals surface area contributed by atoms with Crippen LogP contribution in [0.25, 0.3) is 0 Å². The molecule has 1 aromatic rings. The maximum Gasteiger partial charge on any atom is 0.0641 e. The van der Waals surface area contributed by atoms with Crippen LogP contribution in [-0.2, 0) is 7.05 Å². The summed E-state index contributed by atoms with van der Waals surface area (Å²) in [5.41, 5.74) is 2.35. The smallest absolute Gasteiger partial charge is 0.0641 e. The van der Waals surface area contributed by atoms with E-state index < -0.39 is 0 Å². The van der Waals surface area contributed by atoms with E-state index in [1.54, 1.807) is 0 Å². The van der Waals surface area contributed by atoms with Crippen molar-refractivity contribution in [3.63, 3.8) is 0 Å². The minimum Gasteiger partial charge on any atom is -0.395 e. The molecule has 0 aliphatic carbocycles. The summed E-state index contributed by atoms with van der Waals surface area (Å²) < 4.78 is 1.85. The van der Waals surface area contributed by atoms with Gasteiger partial charge in [-0.1, -0.05) is 0 Å². The van der Waals surface area contributed by atoms with E-state index in [9.17, 15) is 0 Å². The summed E-state index contributed by atoms with van der Waals surface area (Å²) in [6.07, 6.45) is 4.21. The van der Waals surface area contributed by atoms with Crippen LogP contribution < -0.4 is 5.32 Å². The molecule has 14 heavy (non-hydrogen) atoms. The quantitative estimate of drug-likeness (QED) is 0.723. The van der Waals surface area contributed by atoms with Crippen LogP contribution in [-0.4, -0.2) is 27.5 Å². The molecule has 2 atom stereocenters. The molecular formula is C10H17N3O. The molecule has 1 aliphatic rings. The van der Waals surface area contributed by atoms with Crippen LogP contribution >= 0.6 is 0 Å². The molecule has 4 heteroatoms. The summed E-state index contributed by atoms with van der Waals surface area (Å²) >= 11 is 0. The molecule has 4 nitrogen and oxygen atoms in total. The molecule has 0 saturated carbocycles. The minimum atomic E-state index is 0.232. The Bertz CT molecular complexity index is 321. The molecule has 0 aromatic carbocycles. The lowest BCUT2D eigenvalue weighted by Gasteiger charge is -2.11. The van der Waals surface area contributed by atoms with Crippen LogP contribution in [0.3, 0.4) is 0 Å². The van der Waals surface area contributed by atoms with Crippen LogP contribution in [0.15, 0.2) is 6.20 Å². The molecule has 1 aromatic heterocycles. The molecule has 0 amide bonds. The third kappa shape index (κ3) is 1.67. The molecule has 0 bridgehead atoms. The van der Waals surface area contributed by atoms with Crippen molar-refractivity contribution in [1.29, 1.82) is 0 Å². The Kier molecular flexibility index (Phi) is 2.56. The van der Waals surface area contributed by atoms with E-state index in [1.807, 2.05) is 18.7 Å². The second-order valence-corrected chi connectivity index (χ2v) is 4.02. The van der Waals surface area contributed by atoms with Crippen molar-refractivity contribution in [3.8, 4) is 0 Å². The Hall–Kier alpha value is -0.870. The van der Waals surface area contributed by atoms with Crippen molar-refractivity contribution >= 4 is 0 Å². The fourth-order valence-corrected chi connectivity index (χ4v) is 2.17. The highest BCUT2D eigenvalue weighted by atomic mass is 16.3. The number of aromatic nitrogens is 2. The van der Waals surface area contributed by atoms with Gasteiger partial charge in [0.25, 0.3) is 0 Å². The molecular weight excluding hydrogens is 178 g/mol. The number of aryl methyl sites for hydroxylation is 2. The molecule has 2 heterocycles. The average molecular weight is 195 g/mol. The number of nitrogens with one attached hydrogen (secondary N) is 1. The van der Waals surface area contributed by atoms with Crippen molar-refractivity contribution < 1.29 is 5.11 Å². The highest BCUT2D eigenvalue weighted by Gasteiger charge is 2.26. The summed E-state index contributed by atoms with van der Waals surface area (Å²) in [6, 6.07) is 0.639. The van der Waals surface area contributed by atoms with Gasteiger partial charge in [-0.3, -0.25) is 4.68 Å². The van der Waals surface area contributed by atoms with Crippen LogP contribution in [0.2, 0.25) is 0 Å². The normalized spacial score (nSPS) is 27.1. The Labute approximate surface area is 83.9 Å². The highest BCUT2D eigenvalue weighted by molar-refractivity contribution is 5.21. The molecule has 0 radical (unpaired) electrons. The van der Waals surface area contributed by atoms with Gasteiger partial charge in [0.2, 0.25) is 0 Å². The summed E-state index contributed by atoms with van der Waals surface area (Å²) in [6.45, 7) is 2.26. The monoisotopic (exact) mass is 195 g/mol. The molecule has 78 valence electrons. The Morgan fingerprint density at radius 3 is 2.93 bits per heavy atom. The predicted octanol–water partition coefficient (Wildman–Crippen LogP) is 0.514. The molecule has 1 fully saturated rings. The minimum absolute atomic E-state index is 0.232. The van der Waals surface area contributed by atoms with Gasteiger partial charge in [0.05, 0.1) is 12.3 Å². The van der Waals surface area contributed by atoms with E-state index in [0.717, 1.165) is 18.5 Å². The number of rotatable bonds is 2. The maximum absolute atomic E-state index is 9.02. The summed E-state index contributed by atoms with van der Waals surface area (Å²) in [5.74, 6) is 0. The van der Waals surface area contributed by atoms with Crippen LogP contribution in [0.1, 0.15) is 30.1 Å². The summed E-state index contributed by atoms with van der Waals surface area (Å²) in [5, 5.41) is 16.8. The van der Waals surface area contributed by atoms with Gasteiger partial charge in [0.15, 0.2) is 0 Å². The molecule has 2 rings (SSSR count). The van der Waals surface area contributed by atoms with E-state index >= 15 is 0 Å². The van der Waals surface area contributed by atoms with E-state index in [2.05, 4.69) is 16.6 Å². The zero-order valence-electron chi connectivity index (χ0n) is 8.70. The first-order chi connectivity index (χ1) is 6.70. The van der Waals surface area contributed by atoms with E-state index in [1.165, 1.54) is 5.56 Å². The molecule has 0 spiro atoms. The lowest BCUT2D eigenvalue weighted by Crippen LogP contribution is -2.27. The zero-order chi connectivity index (χ0) is 10.1. The molecule has 1 saturated heterocycles. The van der Waals surface area contributed by atoms with Gasteiger partial charge in [0, 0.05) is 30.9 Å². The highest BCUT2D eigenvalue weighted by Crippen LogP contribution is 2.27. The van der Waals surface area contributed by atoms with Crippen LogP contribution in [0.5, 0.6) is 0 Å². The summed E-state index contributed by atoms with van der Waals surface area (Å²) in [7, 11) is 1.94. The van der Waals surface area contributed by atoms with Gasteiger partial charge in [0.1, 0.15) is 0 Å². The average Bonchev–Trinajstić information content (AvgIpc) is 2.71. The van der Waals surface area contributed by atoms with Crippen LogP contribution in [0, 0.1) is 6.92 Å². The largest absolute Gasteiger partial charge is 0.395 e. The zero-order valence-corrected chi connectivity index (χ0v) is 8.70. The van der Waals surface area contributed by atoms with Crippen molar-refractivity contribution in [2.75, 3.05) is 6.61 Å². The van der Waals surface area contributed by atoms with Crippen molar-refractivity contribution in [2.45, 2.75) is 31.8 Å². The first-order valence-electron chi connectivity index (χ1n) is 5.07. The van der Waals surface area contributed by atoms with Gasteiger partial charge in [-0.25, -0.2) is 0 Å². The molecule has 1 aliphatic heterocycles. The van der Waals surface area contributed by atoms with Crippen molar-refractivity contribution in [3.05, 3.63) is 17.5 Å². The lowest BCUT2D eigenvalue weighted by atomic mass is 10.1. The van der Waals surface area contributed by atoms with Gasteiger partial charge in [-0.2, -0.15) is 5.10 Å². The topological polar surface area (TPSA) is 50.1 Å². The third-order valence-corrected chi connectivity index (χ3v) is 2.89. The number of nitrogens with zero attached hydrogens (tertiary/aromatic N) is 2. The lowest BCUT2D eigenvalue weighted by molar-refractivity contribution is 0.251. The number of hydrogen-bond acceptors (Lipinski definition) is 3. The van der Waals surface area contributed by atoms with Gasteiger partial charge >= 0.3 is 0 Å². The predicted molar refractivity (Wildman–Crippen MR) is 53.9 cm³/mol. The second-order valence-electron chi connectivity index (χ2n) is 4.02. The SMILES string of the molecule is Cc1nn(C)cc1C1CCC(CO)N1. The summed E-state index contributed by atoms with van der Waals surface area (Å²) in [4.78, 5) is 0. The van der Waals surface area contributed by atoms with Gasteiger partial charge in [-0.15, -0.1) is 0 Å². The standard InChI is InChI=1S/C10H17N3O/c1-7-9(5-13(2)12-7)10-4-3-8(6-14)11-10/h5,8,10-11,14H,3-4,6H2,1-2H3. The number of aliphatic hydroxyl groups is 1. The van der Waals surface area contributed by atoms with Gasteiger partial charge < -0.3 is 10.4 Å². The van der Waals surface area contributed by atoms with Gasteiger partial charge in [-0.05, 0) is 19.8 Å². The Balaban J connectivity index is 2.13. The van der Waals surface area contributed by atoms with E-state index in [0.29, 0.717) is 6.04 Å². The second kappa shape index (κ2) is 3.71. The third-order valence-electron chi connectivity index (χ3n) is 2.89. The maximum atomic E-state index is 9.02. The Morgan fingerprint density at radius 2 is 2.43 bits per heavy atom. The van der Waals surface area contributed by atoms with Crippen molar-refractivity contribution in [2.24, 2.45) is 7.05 Å². The number of hydrogen-bond donors (Lipinski definition) is 2. The first kappa shape index (κ1) is 9.68. The fraction of sp³-hybridized carbons (Fsp3) is 0.700. The van der Waals surface area contributed by atoms with Crippen LogP contribution in [0.4, 0.5) is 0 Å².